The minimum atomic E-state index is -0.278. The van der Waals surface area contributed by atoms with E-state index in [0.717, 1.165) is 36.0 Å². The van der Waals surface area contributed by atoms with Crippen LogP contribution < -0.4 is 10.1 Å². The van der Waals surface area contributed by atoms with Crippen molar-refractivity contribution in [1.29, 1.82) is 0 Å². The van der Waals surface area contributed by atoms with Crippen LogP contribution in [-0.4, -0.2) is 12.1 Å². The number of nitrogens with one attached hydrogen (secondary N) is 1. The van der Waals surface area contributed by atoms with Gasteiger partial charge >= 0.3 is 0 Å². The van der Waals surface area contributed by atoms with Crippen LogP contribution in [0.15, 0.2) is 77.8 Å². The van der Waals surface area contributed by atoms with Gasteiger partial charge in [0.25, 0.3) is 5.91 Å². The monoisotopic (exact) mass is 574 g/mol. The van der Waals surface area contributed by atoms with Crippen molar-refractivity contribution in [3.05, 3.63) is 111 Å². The van der Waals surface area contributed by atoms with Gasteiger partial charge in [0.15, 0.2) is 0 Å². The van der Waals surface area contributed by atoms with E-state index < -0.39 is 0 Å². The van der Waals surface area contributed by atoms with Gasteiger partial charge in [-0.1, -0.05) is 56.6 Å². The SMILES string of the molecule is CC(C)(C)[C@@H]1CCc2c(sc(N=Cc3ccccc3OCc3ccc(F)cc3)c2C(=O)Nc2ccc(Cl)cc2)C1. The van der Waals surface area contributed by atoms with E-state index in [4.69, 9.17) is 21.3 Å². The van der Waals surface area contributed by atoms with Crippen molar-refractivity contribution in [1.82, 2.24) is 0 Å². The molecular weight excluding hydrogens is 543 g/mol. The number of amides is 1. The van der Waals surface area contributed by atoms with Crippen molar-refractivity contribution in [2.75, 3.05) is 5.32 Å². The van der Waals surface area contributed by atoms with Crippen LogP contribution in [0.4, 0.5) is 15.1 Å². The summed E-state index contributed by atoms with van der Waals surface area (Å²) < 4.78 is 19.3. The van der Waals surface area contributed by atoms with Crippen molar-refractivity contribution >= 4 is 45.7 Å². The van der Waals surface area contributed by atoms with E-state index in [1.54, 1.807) is 53.9 Å². The lowest BCUT2D eigenvalue weighted by atomic mass is 9.72. The van der Waals surface area contributed by atoms with E-state index in [9.17, 15) is 9.18 Å². The lowest BCUT2D eigenvalue weighted by Crippen LogP contribution is -2.27. The highest BCUT2D eigenvalue weighted by Gasteiger charge is 2.33. The Kier molecular flexibility index (Phi) is 8.38. The molecule has 1 heterocycles. The van der Waals surface area contributed by atoms with Crippen LogP contribution in [0.3, 0.4) is 0 Å². The first kappa shape index (κ1) is 28.1. The molecule has 1 aliphatic carbocycles. The van der Waals surface area contributed by atoms with Crippen LogP contribution in [0, 0.1) is 17.2 Å². The minimum Gasteiger partial charge on any atom is -0.488 e. The zero-order valence-electron chi connectivity index (χ0n) is 22.8. The quantitative estimate of drug-likeness (QED) is 0.224. The fourth-order valence-corrected chi connectivity index (χ4v) is 6.35. The number of hydrogen-bond donors (Lipinski definition) is 1. The molecule has 0 saturated heterocycles. The van der Waals surface area contributed by atoms with Crippen molar-refractivity contribution in [3.63, 3.8) is 0 Å². The second-order valence-corrected chi connectivity index (χ2v) is 12.7. The van der Waals surface area contributed by atoms with Gasteiger partial charge in [0.2, 0.25) is 0 Å². The second-order valence-electron chi connectivity index (χ2n) is 11.2. The number of aliphatic imine (C=N–C) groups is 1. The maximum absolute atomic E-state index is 13.6. The summed E-state index contributed by atoms with van der Waals surface area (Å²) in [6, 6.07) is 21.0. The lowest BCUT2D eigenvalue weighted by molar-refractivity contribution is 0.102. The first-order valence-electron chi connectivity index (χ1n) is 13.4. The fourth-order valence-electron chi connectivity index (χ4n) is 4.95. The number of carbonyl (C=O) groups excluding carboxylic acids is 1. The zero-order chi connectivity index (χ0) is 28.3. The molecule has 1 N–H and O–H groups in total. The number of ether oxygens (including phenoxy) is 1. The Labute approximate surface area is 243 Å². The molecule has 0 radical (unpaired) electrons. The molecule has 4 nitrogen and oxygen atoms in total. The molecular formula is C33H32ClFN2O2S. The smallest absolute Gasteiger partial charge is 0.259 e. The molecule has 1 atom stereocenters. The molecule has 0 unspecified atom stereocenters. The fraction of sp³-hybridized carbons (Fsp3) is 0.273. The molecule has 3 aromatic carbocycles. The van der Waals surface area contributed by atoms with E-state index in [0.29, 0.717) is 39.5 Å². The Morgan fingerprint density at radius 2 is 1.82 bits per heavy atom. The highest BCUT2D eigenvalue weighted by molar-refractivity contribution is 7.16. The van der Waals surface area contributed by atoms with Crippen LogP contribution in [0.5, 0.6) is 5.75 Å². The van der Waals surface area contributed by atoms with E-state index in [-0.39, 0.29) is 17.1 Å². The number of fused-ring (bicyclic) bond motifs is 1. The molecule has 206 valence electrons. The molecule has 0 spiro atoms. The summed E-state index contributed by atoms with van der Waals surface area (Å²) in [5.74, 6) is 0.766. The minimum absolute atomic E-state index is 0.165. The molecule has 5 rings (SSSR count). The first-order valence-corrected chi connectivity index (χ1v) is 14.6. The van der Waals surface area contributed by atoms with Crippen molar-refractivity contribution in [3.8, 4) is 5.75 Å². The summed E-state index contributed by atoms with van der Waals surface area (Å²) in [5, 5.41) is 4.35. The molecule has 0 fully saturated rings. The average molecular weight is 575 g/mol. The van der Waals surface area contributed by atoms with Crippen molar-refractivity contribution < 1.29 is 13.9 Å². The number of carbonyl (C=O) groups is 1. The zero-order valence-corrected chi connectivity index (χ0v) is 24.4. The van der Waals surface area contributed by atoms with E-state index in [1.165, 1.54) is 17.0 Å². The third-order valence-electron chi connectivity index (χ3n) is 7.35. The largest absolute Gasteiger partial charge is 0.488 e. The Bertz CT molecular complexity index is 1520. The van der Waals surface area contributed by atoms with Crippen LogP contribution in [-0.2, 0) is 19.4 Å². The van der Waals surface area contributed by atoms with Gasteiger partial charge < -0.3 is 10.1 Å². The summed E-state index contributed by atoms with van der Waals surface area (Å²) in [4.78, 5) is 19.7. The Balaban J connectivity index is 1.44. The normalized spacial score (nSPS) is 15.2. The van der Waals surface area contributed by atoms with Gasteiger partial charge in [-0.25, -0.2) is 9.38 Å². The van der Waals surface area contributed by atoms with Crippen LogP contribution in [0.2, 0.25) is 5.02 Å². The number of para-hydroxylation sites is 1. The Morgan fingerprint density at radius 1 is 1.10 bits per heavy atom. The molecule has 7 heteroatoms. The second kappa shape index (κ2) is 11.9. The molecule has 0 saturated carbocycles. The van der Waals surface area contributed by atoms with Gasteiger partial charge in [-0.2, -0.15) is 0 Å². The Morgan fingerprint density at radius 3 is 2.55 bits per heavy atom. The van der Waals surface area contributed by atoms with Gasteiger partial charge in [-0.3, -0.25) is 4.79 Å². The number of thiophene rings is 1. The number of rotatable bonds is 7. The number of benzene rings is 3. The van der Waals surface area contributed by atoms with Gasteiger partial charge in [-0.15, -0.1) is 11.3 Å². The summed E-state index contributed by atoms with van der Waals surface area (Å²) in [7, 11) is 0. The van der Waals surface area contributed by atoms with Crippen LogP contribution in [0.1, 0.15) is 59.1 Å². The number of anilines is 1. The van der Waals surface area contributed by atoms with Gasteiger partial charge in [0, 0.05) is 27.4 Å². The highest BCUT2D eigenvalue weighted by Crippen LogP contribution is 2.45. The summed E-state index contributed by atoms with van der Waals surface area (Å²) in [5.41, 5.74) is 4.29. The molecule has 1 aromatic heterocycles. The molecule has 1 aliphatic rings. The summed E-state index contributed by atoms with van der Waals surface area (Å²) >= 11 is 7.64. The topological polar surface area (TPSA) is 50.7 Å². The van der Waals surface area contributed by atoms with Crippen molar-refractivity contribution in [2.24, 2.45) is 16.3 Å². The standard InChI is InChI=1S/C33H32ClFN2O2S/c1-33(2,3)23-10-17-27-29(18-23)40-32(30(27)31(38)37-26-15-11-24(34)12-16-26)36-19-22-6-4-5-7-28(22)39-20-21-8-13-25(35)14-9-21/h4-9,11-16,19,23H,10,17-18,20H2,1-3H3,(H,37,38)/t23-/m1/s1. The van der Waals surface area contributed by atoms with E-state index in [2.05, 4.69) is 26.1 Å². The third-order valence-corrected chi connectivity index (χ3v) is 8.76. The molecule has 4 aromatic rings. The van der Waals surface area contributed by atoms with Crippen molar-refractivity contribution in [2.45, 2.75) is 46.6 Å². The van der Waals surface area contributed by atoms with Gasteiger partial charge in [0.1, 0.15) is 23.2 Å². The maximum atomic E-state index is 13.6. The lowest BCUT2D eigenvalue weighted by Gasteiger charge is -2.33. The highest BCUT2D eigenvalue weighted by atomic mass is 35.5. The predicted octanol–water partition coefficient (Wildman–Crippen LogP) is 9.27. The number of nitrogens with zero attached hydrogens (tertiary/aromatic N) is 1. The van der Waals surface area contributed by atoms with E-state index in [1.807, 2.05) is 24.3 Å². The summed E-state index contributed by atoms with van der Waals surface area (Å²) in [6.07, 6.45) is 4.59. The molecule has 0 bridgehead atoms. The van der Waals surface area contributed by atoms with Gasteiger partial charge in [0.05, 0.1) is 5.56 Å². The Hall–Kier alpha value is -3.48. The molecule has 0 aliphatic heterocycles. The first-order chi connectivity index (χ1) is 19.2. The molecule has 1 amide bonds. The molecule has 40 heavy (non-hydrogen) atoms. The van der Waals surface area contributed by atoms with Gasteiger partial charge in [-0.05, 0) is 90.3 Å². The predicted molar refractivity (Wildman–Crippen MR) is 163 cm³/mol. The van der Waals surface area contributed by atoms with E-state index >= 15 is 0 Å². The number of halogens is 2. The maximum Gasteiger partial charge on any atom is 0.259 e. The van der Waals surface area contributed by atoms with Crippen LogP contribution in [0.25, 0.3) is 0 Å². The average Bonchev–Trinajstić information content (AvgIpc) is 3.30. The number of hydrogen-bond acceptors (Lipinski definition) is 4. The summed E-state index contributed by atoms with van der Waals surface area (Å²) in [6.45, 7) is 7.16. The third kappa shape index (κ3) is 6.62. The van der Waals surface area contributed by atoms with Crippen LogP contribution >= 0.6 is 22.9 Å².